The van der Waals surface area contributed by atoms with E-state index < -0.39 is 0 Å². The first kappa shape index (κ1) is 18.4. The summed E-state index contributed by atoms with van der Waals surface area (Å²) in [6.45, 7) is 8.17. The molecule has 6 nitrogen and oxygen atoms in total. The zero-order valence-electron chi connectivity index (χ0n) is 15.4. The highest BCUT2D eigenvalue weighted by Gasteiger charge is 2.08. The Morgan fingerprint density at radius 1 is 1.30 bits per heavy atom. The molecule has 0 aliphatic carbocycles. The van der Waals surface area contributed by atoms with Crippen molar-refractivity contribution < 1.29 is 9.53 Å². The van der Waals surface area contributed by atoms with Gasteiger partial charge in [-0.15, -0.1) is 0 Å². The molecule has 6 heteroatoms. The Balaban J connectivity index is 1.64. The lowest BCUT2D eigenvalue weighted by molar-refractivity contribution is -0.111. The number of benzene rings is 1. The molecular formula is C21H22N4O2. The summed E-state index contributed by atoms with van der Waals surface area (Å²) < 4.78 is 7.28. The first-order chi connectivity index (χ1) is 13.1. The second kappa shape index (κ2) is 8.31. The molecule has 1 N–H and O–H groups in total. The highest BCUT2D eigenvalue weighted by atomic mass is 16.5. The van der Waals surface area contributed by atoms with Crippen LogP contribution in [0.1, 0.15) is 25.5 Å². The zero-order valence-corrected chi connectivity index (χ0v) is 15.4. The van der Waals surface area contributed by atoms with Crippen molar-refractivity contribution in [3.8, 4) is 5.75 Å². The summed E-state index contributed by atoms with van der Waals surface area (Å²) in [5.74, 6) is 0.539. The molecule has 0 unspecified atom stereocenters. The molecule has 3 rings (SSSR count). The number of hydrogen-bond acceptors (Lipinski definition) is 4. The van der Waals surface area contributed by atoms with Crippen molar-refractivity contribution in [2.45, 2.75) is 19.9 Å². The van der Waals surface area contributed by atoms with E-state index in [0.717, 1.165) is 22.3 Å². The molecule has 0 bridgehead atoms. The molecule has 1 amide bonds. The van der Waals surface area contributed by atoms with E-state index in [2.05, 4.69) is 22.0 Å². The molecule has 0 fully saturated rings. The third-order valence-corrected chi connectivity index (χ3v) is 3.87. The number of carbonyl (C=O) groups is 1. The number of ether oxygens (including phenoxy) is 1. The van der Waals surface area contributed by atoms with Crippen LogP contribution in [0.4, 0.5) is 5.69 Å². The molecule has 138 valence electrons. The van der Waals surface area contributed by atoms with Gasteiger partial charge in [-0.05, 0) is 43.7 Å². The quantitative estimate of drug-likeness (QED) is 0.504. The van der Waals surface area contributed by atoms with Crippen LogP contribution < -0.4 is 10.1 Å². The Morgan fingerprint density at radius 3 is 2.78 bits per heavy atom. The molecule has 0 saturated heterocycles. The number of nitrogens with one attached hydrogen (secondary N) is 1. The van der Waals surface area contributed by atoms with Gasteiger partial charge in [0.05, 0.1) is 18.1 Å². The number of rotatable bonds is 7. The van der Waals surface area contributed by atoms with Crippen molar-refractivity contribution in [3.63, 3.8) is 0 Å². The molecule has 0 spiro atoms. The lowest BCUT2D eigenvalue weighted by atomic mass is 10.2. The maximum Gasteiger partial charge on any atom is 0.248 e. The third kappa shape index (κ3) is 4.61. The van der Waals surface area contributed by atoms with Crippen LogP contribution in [-0.4, -0.2) is 27.3 Å². The fraction of sp³-hybridized carbons (Fsp3) is 0.190. The molecule has 0 atom stereocenters. The van der Waals surface area contributed by atoms with E-state index in [1.54, 1.807) is 24.5 Å². The first-order valence-corrected chi connectivity index (χ1v) is 8.73. The van der Waals surface area contributed by atoms with Gasteiger partial charge in [-0.25, -0.2) is 9.67 Å². The Morgan fingerprint density at radius 2 is 2.07 bits per heavy atom. The van der Waals surface area contributed by atoms with Crippen LogP contribution in [0.2, 0.25) is 0 Å². The van der Waals surface area contributed by atoms with E-state index >= 15 is 0 Å². The normalized spacial score (nSPS) is 11.2. The molecular weight excluding hydrogens is 340 g/mol. The van der Waals surface area contributed by atoms with Gasteiger partial charge in [0.15, 0.2) is 5.65 Å². The number of anilines is 1. The molecule has 3 aromatic rings. The van der Waals surface area contributed by atoms with Crippen LogP contribution in [0.25, 0.3) is 17.1 Å². The average Bonchev–Trinajstić information content (AvgIpc) is 3.09. The minimum absolute atomic E-state index is 0.223. The van der Waals surface area contributed by atoms with Gasteiger partial charge >= 0.3 is 0 Å². The van der Waals surface area contributed by atoms with Crippen LogP contribution in [0, 0.1) is 0 Å². The molecule has 2 heterocycles. The number of aromatic nitrogens is 3. The predicted octanol–water partition coefficient (Wildman–Crippen LogP) is 4.23. The van der Waals surface area contributed by atoms with Gasteiger partial charge in [-0.2, -0.15) is 5.10 Å². The van der Waals surface area contributed by atoms with Crippen LogP contribution in [0.15, 0.2) is 61.5 Å². The van der Waals surface area contributed by atoms with Crippen LogP contribution in [0.5, 0.6) is 5.75 Å². The smallest absolute Gasteiger partial charge is 0.248 e. The van der Waals surface area contributed by atoms with Crippen LogP contribution in [-0.2, 0) is 4.79 Å². The average molecular weight is 362 g/mol. The number of amides is 1. The zero-order chi connectivity index (χ0) is 19.2. The van der Waals surface area contributed by atoms with E-state index in [1.807, 2.05) is 48.9 Å². The molecule has 1 aromatic carbocycles. The second-order valence-corrected chi connectivity index (χ2v) is 6.31. The van der Waals surface area contributed by atoms with Gasteiger partial charge in [0.25, 0.3) is 0 Å². The number of pyridine rings is 1. The SMILES string of the molecule is C=CCOc1ccc(/C=C/C(=O)Nc2cnc3c(cnn3C(C)C)c2)cc1. The lowest BCUT2D eigenvalue weighted by Crippen LogP contribution is -2.08. The topological polar surface area (TPSA) is 69.0 Å². The monoisotopic (exact) mass is 362 g/mol. The number of fused-ring (bicyclic) bond motifs is 1. The maximum atomic E-state index is 12.2. The third-order valence-electron chi connectivity index (χ3n) is 3.87. The Hall–Kier alpha value is -3.41. The highest BCUT2D eigenvalue weighted by Crippen LogP contribution is 2.19. The molecule has 0 saturated carbocycles. The van der Waals surface area contributed by atoms with Crippen molar-refractivity contribution >= 4 is 28.7 Å². The standard InChI is InChI=1S/C21H22N4O2/c1-4-11-27-19-8-5-16(6-9-19)7-10-20(26)24-18-12-17-13-23-25(15(2)3)21(17)22-14-18/h4-10,12-15H,1,11H2,2-3H3,(H,24,26)/b10-7+. The van der Waals surface area contributed by atoms with E-state index in [1.165, 1.54) is 6.08 Å². The molecule has 0 radical (unpaired) electrons. The summed E-state index contributed by atoms with van der Waals surface area (Å²) >= 11 is 0. The molecule has 0 aliphatic heterocycles. The van der Waals surface area contributed by atoms with Crippen molar-refractivity contribution in [2.75, 3.05) is 11.9 Å². The van der Waals surface area contributed by atoms with Crippen molar-refractivity contribution in [3.05, 3.63) is 67.0 Å². The minimum Gasteiger partial charge on any atom is -0.490 e. The van der Waals surface area contributed by atoms with E-state index in [4.69, 9.17) is 4.74 Å². The molecule has 27 heavy (non-hydrogen) atoms. The van der Waals surface area contributed by atoms with Crippen LogP contribution >= 0.6 is 0 Å². The molecule has 0 aliphatic rings. The fourth-order valence-electron chi connectivity index (χ4n) is 2.57. The first-order valence-electron chi connectivity index (χ1n) is 8.73. The van der Waals surface area contributed by atoms with Gasteiger partial charge in [0, 0.05) is 17.5 Å². The summed E-state index contributed by atoms with van der Waals surface area (Å²) in [6, 6.07) is 9.57. The predicted molar refractivity (Wildman–Crippen MR) is 108 cm³/mol. The van der Waals surface area contributed by atoms with E-state index in [0.29, 0.717) is 12.3 Å². The Bertz CT molecular complexity index is 972. The van der Waals surface area contributed by atoms with Gasteiger partial charge in [-0.1, -0.05) is 24.8 Å². The molecule has 2 aromatic heterocycles. The fourth-order valence-corrected chi connectivity index (χ4v) is 2.57. The summed E-state index contributed by atoms with van der Waals surface area (Å²) in [5.41, 5.74) is 2.34. The van der Waals surface area contributed by atoms with E-state index in [-0.39, 0.29) is 11.9 Å². The number of nitrogens with zero attached hydrogens (tertiary/aromatic N) is 3. The number of carbonyl (C=O) groups excluding carboxylic acids is 1. The summed E-state index contributed by atoms with van der Waals surface area (Å²) in [4.78, 5) is 16.6. The lowest BCUT2D eigenvalue weighted by Gasteiger charge is -2.06. The second-order valence-electron chi connectivity index (χ2n) is 6.31. The summed E-state index contributed by atoms with van der Waals surface area (Å²) in [6.07, 6.45) is 8.32. The van der Waals surface area contributed by atoms with Crippen LogP contribution in [0.3, 0.4) is 0 Å². The Kier molecular flexibility index (Phi) is 5.66. The van der Waals surface area contributed by atoms with Crippen molar-refractivity contribution in [2.24, 2.45) is 0 Å². The maximum absolute atomic E-state index is 12.2. The van der Waals surface area contributed by atoms with Gasteiger partial charge in [0.2, 0.25) is 5.91 Å². The largest absolute Gasteiger partial charge is 0.490 e. The summed E-state index contributed by atoms with van der Waals surface area (Å²) in [5, 5.41) is 8.04. The van der Waals surface area contributed by atoms with Gasteiger partial charge < -0.3 is 10.1 Å². The van der Waals surface area contributed by atoms with Gasteiger partial charge in [-0.3, -0.25) is 4.79 Å². The van der Waals surface area contributed by atoms with Crippen molar-refractivity contribution in [1.82, 2.24) is 14.8 Å². The number of hydrogen-bond donors (Lipinski definition) is 1. The Labute approximate surface area is 158 Å². The van der Waals surface area contributed by atoms with Gasteiger partial charge in [0.1, 0.15) is 12.4 Å². The summed E-state index contributed by atoms with van der Waals surface area (Å²) in [7, 11) is 0. The van der Waals surface area contributed by atoms with Crippen molar-refractivity contribution in [1.29, 1.82) is 0 Å². The minimum atomic E-state index is -0.223. The van der Waals surface area contributed by atoms with E-state index in [9.17, 15) is 4.79 Å². The highest BCUT2D eigenvalue weighted by molar-refractivity contribution is 6.02.